The number of benzene rings is 1. The number of amides is 2. The molecule has 2 amide bonds. The predicted octanol–water partition coefficient (Wildman–Crippen LogP) is 1.00. The van der Waals surface area contributed by atoms with Gasteiger partial charge in [-0.15, -0.1) is 0 Å². The zero-order chi connectivity index (χ0) is 18.1. The Bertz CT molecular complexity index is 586. The van der Waals surface area contributed by atoms with Crippen molar-refractivity contribution in [1.29, 1.82) is 0 Å². The van der Waals surface area contributed by atoms with E-state index in [0.717, 1.165) is 10.5 Å². The average Bonchev–Trinajstić information content (AvgIpc) is 2.65. The minimum atomic E-state index is -0.894. The molecule has 0 spiro atoms. The molecule has 1 aromatic rings. The third-order valence-corrected chi connectivity index (χ3v) is 3.71. The van der Waals surface area contributed by atoms with Gasteiger partial charge in [0, 0.05) is 20.1 Å². The molecule has 0 N–H and O–H groups in total. The van der Waals surface area contributed by atoms with Crippen molar-refractivity contribution < 1.29 is 28.9 Å². The van der Waals surface area contributed by atoms with Gasteiger partial charge in [0.1, 0.15) is 6.54 Å². The number of nitrogens with zero attached hydrogens (tertiary/aromatic N) is 2. The summed E-state index contributed by atoms with van der Waals surface area (Å²) in [6, 6.07) is 9.43. The van der Waals surface area contributed by atoms with E-state index in [2.05, 4.69) is 9.78 Å². The first kappa shape index (κ1) is 18.7. The number of aryl methyl sites for hydroxylation is 1. The molecule has 0 atom stereocenters. The number of carbonyl (C=O) groups is 3. The molecule has 136 valence electrons. The second-order valence-electron chi connectivity index (χ2n) is 5.64. The lowest BCUT2D eigenvalue weighted by molar-refractivity contribution is -0.236. The molecule has 0 unspecified atom stereocenters. The highest BCUT2D eigenvalue weighted by Crippen LogP contribution is 2.04. The minimum absolute atomic E-state index is 0.0910. The molecule has 8 nitrogen and oxygen atoms in total. The van der Waals surface area contributed by atoms with Crippen LogP contribution in [0.2, 0.25) is 0 Å². The first-order valence-electron chi connectivity index (χ1n) is 8.08. The van der Waals surface area contributed by atoms with Gasteiger partial charge in [0.25, 0.3) is 0 Å². The zero-order valence-corrected chi connectivity index (χ0v) is 14.2. The molecule has 0 aromatic heterocycles. The smallest absolute Gasteiger partial charge is 0.378 e. The van der Waals surface area contributed by atoms with Gasteiger partial charge in [-0.3, -0.25) is 9.69 Å². The van der Waals surface area contributed by atoms with E-state index in [9.17, 15) is 14.4 Å². The standard InChI is InChI=1S/C17H22N2O6/c1-18(13-15(20)19-9-11-23-12-10-19)17(22)25-24-16(21)8-7-14-5-3-2-4-6-14/h2-6H,7-13H2,1H3. The Kier molecular flexibility index (Phi) is 7.21. The molecular formula is C17H22N2O6. The summed E-state index contributed by atoms with van der Waals surface area (Å²) >= 11 is 0. The molecule has 0 bridgehead atoms. The van der Waals surface area contributed by atoms with Crippen LogP contribution in [-0.4, -0.2) is 67.7 Å². The van der Waals surface area contributed by atoms with Gasteiger partial charge >= 0.3 is 12.1 Å². The van der Waals surface area contributed by atoms with Gasteiger partial charge in [-0.2, -0.15) is 0 Å². The highest BCUT2D eigenvalue weighted by molar-refractivity contribution is 5.82. The first-order chi connectivity index (χ1) is 12.1. The number of morpholine rings is 1. The normalized spacial score (nSPS) is 13.9. The van der Waals surface area contributed by atoms with Gasteiger partial charge in [0.15, 0.2) is 0 Å². The average molecular weight is 350 g/mol. The molecule has 0 saturated carbocycles. The Morgan fingerprint density at radius 3 is 2.48 bits per heavy atom. The van der Waals surface area contributed by atoms with E-state index in [0.29, 0.717) is 32.7 Å². The van der Waals surface area contributed by atoms with Crippen LogP contribution in [0.3, 0.4) is 0 Å². The monoisotopic (exact) mass is 350 g/mol. The summed E-state index contributed by atoms with van der Waals surface area (Å²) < 4.78 is 5.17. The number of ether oxygens (including phenoxy) is 1. The highest BCUT2D eigenvalue weighted by atomic mass is 17.2. The van der Waals surface area contributed by atoms with E-state index in [1.54, 1.807) is 4.90 Å². The van der Waals surface area contributed by atoms with Crippen LogP contribution in [0.15, 0.2) is 30.3 Å². The molecule has 1 aliphatic heterocycles. The third-order valence-electron chi connectivity index (χ3n) is 3.71. The van der Waals surface area contributed by atoms with E-state index in [1.807, 2.05) is 30.3 Å². The SMILES string of the molecule is CN(CC(=O)N1CCOCC1)C(=O)OOC(=O)CCc1ccccc1. The fourth-order valence-electron chi connectivity index (χ4n) is 2.26. The van der Waals surface area contributed by atoms with Crippen LogP contribution in [0.25, 0.3) is 0 Å². The molecule has 0 aliphatic carbocycles. The van der Waals surface area contributed by atoms with Crippen molar-refractivity contribution in [3.63, 3.8) is 0 Å². The highest BCUT2D eigenvalue weighted by Gasteiger charge is 2.22. The molecule has 0 radical (unpaired) electrons. The fraction of sp³-hybridized carbons (Fsp3) is 0.471. The maximum absolute atomic E-state index is 12.0. The third kappa shape index (κ3) is 6.42. The van der Waals surface area contributed by atoms with Gasteiger partial charge in [-0.1, -0.05) is 30.3 Å². The van der Waals surface area contributed by atoms with E-state index < -0.39 is 12.1 Å². The summed E-state index contributed by atoms with van der Waals surface area (Å²) in [4.78, 5) is 47.1. The summed E-state index contributed by atoms with van der Waals surface area (Å²) in [6.45, 7) is 1.81. The van der Waals surface area contributed by atoms with Crippen LogP contribution < -0.4 is 0 Å². The van der Waals surface area contributed by atoms with Crippen LogP contribution in [-0.2, 0) is 30.5 Å². The van der Waals surface area contributed by atoms with Crippen molar-refractivity contribution in [2.45, 2.75) is 12.8 Å². The summed E-state index contributed by atoms with van der Waals surface area (Å²) in [5.74, 6) is -0.858. The Balaban J connectivity index is 1.66. The van der Waals surface area contributed by atoms with Crippen molar-refractivity contribution in [3.8, 4) is 0 Å². The van der Waals surface area contributed by atoms with Gasteiger partial charge < -0.3 is 9.64 Å². The molecule has 8 heteroatoms. The van der Waals surface area contributed by atoms with E-state index >= 15 is 0 Å². The molecule has 1 aliphatic rings. The minimum Gasteiger partial charge on any atom is -0.378 e. The van der Waals surface area contributed by atoms with Crippen molar-refractivity contribution >= 4 is 18.0 Å². The summed E-state index contributed by atoms with van der Waals surface area (Å²) in [5, 5.41) is 0. The van der Waals surface area contributed by atoms with Gasteiger partial charge in [0.2, 0.25) is 5.91 Å². The van der Waals surface area contributed by atoms with Crippen molar-refractivity contribution in [2.75, 3.05) is 39.9 Å². The molecule has 1 saturated heterocycles. The number of rotatable bonds is 5. The van der Waals surface area contributed by atoms with Gasteiger partial charge in [-0.25, -0.2) is 19.4 Å². The van der Waals surface area contributed by atoms with E-state index in [4.69, 9.17) is 4.74 Å². The van der Waals surface area contributed by atoms with E-state index in [1.165, 1.54) is 7.05 Å². The van der Waals surface area contributed by atoms with E-state index in [-0.39, 0.29) is 18.9 Å². The number of hydrogen-bond donors (Lipinski definition) is 0. The Labute approximate surface area is 146 Å². The topological polar surface area (TPSA) is 85.4 Å². The maximum Gasteiger partial charge on any atom is 0.453 e. The molecule has 1 fully saturated rings. The number of likely N-dealkylation sites (N-methyl/N-ethyl adjacent to an activating group) is 1. The lowest BCUT2D eigenvalue weighted by Crippen LogP contribution is -2.46. The maximum atomic E-state index is 12.0. The molecule has 1 aromatic carbocycles. The van der Waals surface area contributed by atoms with Crippen molar-refractivity contribution in [3.05, 3.63) is 35.9 Å². The van der Waals surface area contributed by atoms with Crippen LogP contribution >= 0.6 is 0 Å². The second-order valence-corrected chi connectivity index (χ2v) is 5.64. The molecular weight excluding hydrogens is 328 g/mol. The Morgan fingerprint density at radius 2 is 1.80 bits per heavy atom. The lowest BCUT2D eigenvalue weighted by Gasteiger charge is -2.28. The molecule has 1 heterocycles. The Morgan fingerprint density at radius 1 is 1.12 bits per heavy atom. The largest absolute Gasteiger partial charge is 0.453 e. The summed E-state index contributed by atoms with van der Waals surface area (Å²) in [7, 11) is 1.40. The van der Waals surface area contributed by atoms with Gasteiger partial charge in [-0.05, 0) is 12.0 Å². The zero-order valence-electron chi connectivity index (χ0n) is 14.2. The van der Waals surface area contributed by atoms with Crippen molar-refractivity contribution in [2.24, 2.45) is 0 Å². The quantitative estimate of drug-likeness (QED) is 0.582. The van der Waals surface area contributed by atoms with Crippen LogP contribution in [0.4, 0.5) is 4.79 Å². The molecule has 25 heavy (non-hydrogen) atoms. The van der Waals surface area contributed by atoms with Gasteiger partial charge in [0.05, 0.1) is 19.6 Å². The van der Waals surface area contributed by atoms with Crippen LogP contribution in [0.1, 0.15) is 12.0 Å². The first-order valence-corrected chi connectivity index (χ1v) is 8.08. The van der Waals surface area contributed by atoms with Crippen molar-refractivity contribution in [1.82, 2.24) is 9.80 Å². The van der Waals surface area contributed by atoms with Crippen LogP contribution in [0, 0.1) is 0 Å². The summed E-state index contributed by atoms with van der Waals surface area (Å²) in [5.41, 5.74) is 0.985. The summed E-state index contributed by atoms with van der Waals surface area (Å²) in [6.07, 6.45) is -0.314. The second kappa shape index (κ2) is 9.63. The fourth-order valence-corrected chi connectivity index (χ4v) is 2.26. The predicted molar refractivity (Wildman–Crippen MR) is 87.4 cm³/mol. The number of hydrogen-bond acceptors (Lipinski definition) is 6. The Hall–Kier alpha value is -2.61. The lowest BCUT2D eigenvalue weighted by atomic mass is 10.1. The van der Waals surface area contributed by atoms with Crippen LogP contribution in [0.5, 0.6) is 0 Å². The molecule has 2 rings (SSSR count). The number of carbonyl (C=O) groups excluding carboxylic acids is 3.